The Morgan fingerprint density at radius 1 is 1.57 bits per heavy atom. The summed E-state index contributed by atoms with van der Waals surface area (Å²) in [6, 6.07) is 2.10. The molecule has 0 aliphatic heterocycles. The summed E-state index contributed by atoms with van der Waals surface area (Å²) in [6.45, 7) is 3.14. The molecule has 1 saturated carbocycles. The second-order valence-electron chi connectivity index (χ2n) is 4.31. The molecule has 0 amide bonds. The summed E-state index contributed by atoms with van der Waals surface area (Å²) in [4.78, 5) is 0. The van der Waals surface area contributed by atoms with E-state index in [1.807, 2.05) is 11.7 Å². The molecule has 3 nitrogen and oxygen atoms in total. The molecule has 1 aromatic rings. The Hall–Kier alpha value is -0.990. The fourth-order valence-corrected chi connectivity index (χ4v) is 1.83. The van der Waals surface area contributed by atoms with E-state index in [9.17, 15) is 0 Å². The summed E-state index contributed by atoms with van der Waals surface area (Å²) >= 11 is 0. The van der Waals surface area contributed by atoms with Crippen LogP contribution in [0.5, 0.6) is 0 Å². The molecule has 78 valence electrons. The summed E-state index contributed by atoms with van der Waals surface area (Å²) in [6.07, 6.45) is 5.61. The van der Waals surface area contributed by atoms with Crippen molar-refractivity contribution in [3.05, 3.63) is 11.8 Å². The number of rotatable bonds is 4. The predicted octanol–water partition coefficient (Wildman–Crippen LogP) is 2.33. The molecule has 0 radical (unpaired) electrons. The zero-order chi connectivity index (χ0) is 9.97. The topological polar surface area (TPSA) is 29.9 Å². The second kappa shape index (κ2) is 4.03. The van der Waals surface area contributed by atoms with Crippen LogP contribution in [0.3, 0.4) is 0 Å². The van der Waals surface area contributed by atoms with Crippen LogP contribution in [0.2, 0.25) is 0 Å². The average Bonchev–Trinajstić information content (AvgIpc) is 2.37. The molecule has 0 atom stereocenters. The predicted molar refractivity (Wildman–Crippen MR) is 58.4 cm³/mol. The Morgan fingerprint density at radius 2 is 2.36 bits per heavy atom. The van der Waals surface area contributed by atoms with Crippen molar-refractivity contribution in [1.29, 1.82) is 0 Å². The number of nitrogens with zero attached hydrogens (tertiary/aromatic N) is 2. The van der Waals surface area contributed by atoms with Crippen LogP contribution in [-0.2, 0) is 7.05 Å². The van der Waals surface area contributed by atoms with Gasteiger partial charge in [-0.2, -0.15) is 5.10 Å². The van der Waals surface area contributed by atoms with E-state index in [4.69, 9.17) is 0 Å². The minimum Gasteiger partial charge on any atom is -0.369 e. The molecule has 1 aliphatic rings. The number of anilines is 1. The number of nitrogens with one attached hydrogen (secondary N) is 1. The lowest BCUT2D eigenvalue weighted by molar-refractivity contribution is 0.303. The van der Waals surface area contributed by atoms with Gasteiger partial charge in [-0.1, -0.05) is 19.3 Å². The van der Waals surface area contributed by atoms with Gasteiger partial charge >= 0.3 is 0 Å². The normalized spacial score (nSPS) is 16.7. The lowest BCUT2D eigenvalue weighted by Crippen LogP contribution is -2.15. The maximum atomic E-state index is 4.36. The molecule has 0 unspecified atom stereocenters. The van der Waals surface area contributed by atoms with Crippen LogP contribution in [-0.4, -0.2) is 16.3 Å². The minimum atomic E-state index is 0.979. The zero-order valence-electron chi connectivity index (χ0n) is 9.08. The van der Waals surface area contributed by atoms with Gasteiger partial charge < -0.3 is 5.32 Å². The van der Waals surface area contributed by atoms with Crippen molar-refractivity contribution in [3.8, 4) is 0 Å². The molecule has 0 saturated heterocycles. The average molecular weight is 193 g/mol. The fraction of sp³-hybridized carbons (Fsp3) is 0.727. The first-order valence-electron chi connectivity index (χ1n) is 5.50. The van der Waals surface area contributed by atoms with Crippen molar-refractivity contribution in [2.24, 2.45) is 13.0 Å². The van der Waals surface area contributed by atoms with E-state index in [1.165, 1.54) is 31.4 Å². The van der Waals surface area contributed by atoms with Gasteiger partial charge in [0.25, 0.3) is 0 Å². The lowest BCUT2D eigenvalue weighted by atomic mass is 9.83. The van der Waals surface area contributed by atoms with Crippen molar-refractivity contribution >= 4 is 5.82 Å². The third-order valence-electron chi connectivity index (χ3n) is 3.20. The molecular weight excluding hydrogens is 174 g/mol. The quantitative estimate of drug-likeness (QED) is 0.795. The van der Waals surface area contributed by atoms with Gasteiger partial charge in [-0.15, -0.1) is 0 Å². The summed E-state index contributed by atoms with van der Waals surface area (Å²) in [5.41, 5.74) is 1.20. The molecule has 2 rings (SSSR count). The molecule has 1 heterocycles. The molecule has 1 fully saturated rings. The van der Waals surface area contributed by atoms with E-state index < -0.39 is 0 Å². The Labute approximate surface area is 85.5 Å². The fourth-order valence-electron chi connectivity index (χ4n) is 1.83. The highest BCUT2D eigenvalue weighted by Crippen LogP contribution is 2.29. The molecule has 0 aromatic carbocycles. The first kappa shape index (κ1) is 9.56. The number of aryl methyl sites for hydroxylation is 2. The first-order chi connectivity index (χ1) is 6.75. The van der Waals surface area contributed by atoms with Crippen LogP contribution in [0.15, 0.2) is 6.07 Å². The van der Waals surface area contributed by atoms with Crippen LogP contribution in [0.1, 0.15) is 31.4 Å². The number of aromatic nitrogens is 2. The second-order valence-corrected chi connectivity index (χ2v) is 4.31. The third kappa shape index (κ3) is 2.08. The van der Waals surface area contributed by atoms with Crippen molar-refractivity contribution in [1.82, 2.24) is 9.78 Å². The summed E-state index contributed by atoms with van der Waals surface area (Å²) in [5, 5.41) is 7.73. The van der Waals surface area contributed by atoms with Gasteiger partial charge in [-0.05, 0) is 19.3 Å². The summed E-state index contributed by atoms with van der Waals surface area (Å²) in [5.74, 6) is 2.00. The third-order valence-corrected chi connectivity index (χ3v) is 3.20. The standard InChI is InChI=1S/C11H19N3/c1-9-8-11(13-14(9)2)12-7-6-10-4-3-5-10/h8,10H,3-7H2,1-2H3,(H,12,13). The molecule has 14 heavy (non-hydrogen) atoms. The van der Waals surface area contributed by atoms with Gasteiger partial charge in [-0.25, -0.2) is 0 Å². The van der Waals surface area contributed by atoms with E-state index in [0.29, 0.717) is 0 Å². The van der Waals surface area contributed by atoms with E-state index in [-0.39, 0.29) is 0 Å². The molecule has 1 N–H and O–H groups in total. The van der Waals surface area contributed by atoms with Gasteiger partial charge in [0.15, 0.2) is 0 Å². The lowest BCUT2D eigenvalue weighted by Gasteiger charge is -2.25. The highest BCUT2D eigenvalue weighted by atomic mass is 15.3. The summed E-state index contributed by atoms with van der Waals surface area (Å²) < 4.78 is 1.91. The van der Waals surface area contributed by atoms with Crippen molar-refractivity contribution in [3.63, 3.8) is 0 Å². The molecule has 0 spiro atoms. The van der Waals surface area contributed by atoms with E-state index in [1.54, 1.807) is 0 Å². The number of hydrogen-bond acceptors (Lipinski definition) is 2. The van der Waals surface area contributed by atoms with Gasteiger partial charge in [-0.3, -0.25) is 4.68 Å². The number of hydrogen-bond donors (Lipinski definition) is 1. The van der Waals surface area contributed by atoms with Crippen molar-refractivity contribution < 1.29 is 0 Å². The van der Waals surface area contributed by atoms with Crippen LogP contribution in [0, 0.1) is 12.8 Å². The Morgan fingerprint density at radius 3 is 2.86 bits per heavy atom. The largest absolute Gasteiger partial charge is 0.369 e. The van der Waals surface area contributed by atoms with Crippen LogP contribution in [0.25, 0.3) is 0 Å². The SMILES string of the molecule is Cc1cc(NCCC2CCC2)nn1C. The van der Waals surface area contributed by atoms with E-state index in [2.05, 4.69) is 23.4 Å². The molecule has 3 heteroatoms. The smallest absolute Gasteiger partial charge is 0.148 e. The Bertz CT molecular complexity index is 280. The van der Waals surface area contributed by atoms with Gasteiger partial charge in [0.05, 0.1) is 0 Å². The molecule has 0 bridgehead atoms. The van der Waals surface area contributed by atoms with Crippen molar-refractivity contribution in [2.75, 3.05) is 11.9 Å². The van der Waals surface area contributed by atoms with Gasteiger partial charge in [0.2, 0.25) is 0 Å². The van der Waals surface area contributed by atoms with Crippen LogP contribution >= 0.6 is 0 Å². The summed E-state index contributed by atoms with van der Waals surface area (Å²) in [7, 11) is 1.98. The molecule has 1 aromatic heterocycles. The van der Waals surface area contributed by atoms with Crippen molar-refractivity contribution in [2.45, 2.75) is 32.6 Å². The highest BCUT2D eigenvalue weighted by molar-refractivity contribution is 5.35. The monoisotopic (exact) mass is 193 g/mol. The van der Waals surface area contributed by atoms with Crippen LogP contribution in [0.4, 0.5) is 5.82 Å². The maximum Gasteiger partial charge on any atom is 0.148 e. The van der Waals surface area contributed by atoms with Crippen LogP contribution < -0.4 is 5.32 Å². The zero-order valence-corrected chi connectivity index (χ0v) is 9.08. The highest BCUT2D eigenvalue weighted by Gasteiger charge is 2.16. The first-order valence-corrected chi connectivity index (χ1v) is 5.50. The van der Waals surface area contributed by atoms with E-state index >= 15 is 0 Å². The maximum absolute atomic E-state index is 4.36. The van der Waals surface area contributed by atoms with Gasteiger partial charge in [0, 0.05) is 25.4 Å². The van der Waals surface area contributed by atoms with Gasteiger partial charge in [0.1, 0.15) is 5.82 Å². The molecular formula is C11H19N3. The Kier molecular flexibility index (Phi) is 2.75. The Balaban J connectivity index is 1.74. The van der Waals surface area contributed by atoms with E-state index in [0.717, 1.165) is 18.3 Å². The molecule has 1 aliphatic carbocycles. The minimum absolute atomic E-state index is 0.979.